The number of ketones is 2. The third-order valence-corrected chi connectivity index (χ3v) is 6.05. The third kappa shape index (κ3) is 15.8. The number of nitrogens with two attached hydrogens (primary N) is 3. The van der Waals surface area contributed by atoms with E-state index >= 15 is 0 Å². The van der Waals surface area contributed by atoms with Crippen molar-refractivity contribution in [2.45, 2.75) is 58.6 Å². The van der Waals surface area contributed by atoms with Crippen LogP contribution in [0.2, 0.25) is 0 Å². The lowest BCUT2D eigenvalue weighted by atomic mass is 10.1. The van der Waals surface area contributed by atoms with E-state index in [0.717, 1.165) is 16.7 Å². The number of carbonyl (C=O) groups is 4. The normalized spacial score (nSPS) is 10.5. The number of Topliss-reactive ketones (excluding diaryl/α,β-unsaturated/α-hetero) is 2. The molecule has 0 radical (unpaired) electrons. The van der Waals surface area contributed by atoms with Gasteiger partial charge in [0, 0.05) is 36.4 Å². The zero-order chi connectivity index (χ0) is 32.5. The number of benzene rings is 3. The van der Waals surface area contributed by atoms with Gasteiger partial charge in [-0.1, -0.05) is 36.4 Å². The Hall–Kier alpha value is -5.06. The predicted octanol–water partition coefficient (Wildman–Crippen LogP) is 4.15. The lowest BCUT2D eigenvalue weighted by molar-refractivity contribution is -0.118. The molecule has 236 valence electrons. The Balaban J connectivity index is 0.000000312. The predicted molar refractivity (Wildman–Crippen MR) is 174 cm³/mol. The third-order valence-electron chi connectivity index (χ3n) is 6.05. The van der Waals surface area contributed by atoms with Gasteiger partial charge >= 0.3 is 12.1 Å². The first-order chi connectivity index (χ1) is 20.8. The van der Waals surface area contributed by atoms with Crippen LogP contribution in [0.3, 0.4) is 0 Å². The number of urea groups is 1. The minimum Gasteiger partial charge on any atom is -0.444 e. The van der Waals surface area contributed by atoms with Crippen molar-refractivity contribution in [1.82, 2.24) is 16.0 Å². The zero-order valence-corrected chi connectivity index (χ0v) is 25.7. The van der Waals surface area contributed by atoms with E-state index in [1.165, 1.54) is 0 Å². The maximum atomic E-state index is 11.8. The van der Waals surface area contributed by atoms with Crippen molar-refractivity contribution in [2.24, 2.45) is 0 Å². The van der Waals surface area contributed by atoms with Gasteiger partial charge in [-0.05, 0) is 86.7 Å². The summed E-state index contributed by atoms with van der Waals surface area (Å²) < 4.78 is 5.05. The Morgan fingerprint density at radius 1 is 0.591 bits per heavy atom. The van der Waals surface area contributed by atoms with E-state index in [0.29, 0.717) is 49.3 Å². The lowest BCUT2D eigenvalue weighted by Crippen LogP contribution is -2.38. The molecule has 0 saturated carbocycles. The molecule has 0 atom stereocenters. The van der Waals surface area contributed by atoms with Gasteiger partial charge in [-0.2, -0.15) is 0 Å². The first-order valence-electron chi connectivity index (χ1n) is 14.3. The molecule has 0 aliphatic rings. The van der Waals surface area contributed by atoms with Crippen LogP contribution in [-0.4, -0.2) is 42.4 Å². The summed E-state index contributed by atoms with van der Waals surface area (Å²) in [4.78, 5) is 46.5. The highest BCUT2D eigenvalue weighted by Gasteiger charge is 2.16. The summed E-state index contributed by atoms with van der Waals surface area (Å²) in [6.07, 6.45) is 1.45. The maximum absolute atomic E-state index is 11.8. The van der Waals surface area contributed by atoms with Gasteiger partial charge in [0.05, 0.1) is 13.1 Å². The molecule has 0 bridgehead atoms. The average Bonchev–Trinajstić information content (AvgIpc) is 2.97. The van der Waals surface area contributed by atoms with Crippen molar-refractivity contribution in [3.05, 3.63) is 89.5 Å². The maximum Gasteiger partial charge on any atom is 0.408 e. The summed E-state index contributed by atoms with van der Waals surface area (Å²) in [7, 11) is 0. The van der Waals surface area contributed by atoms with Gasteiger partial charge in [-0.25, -0.2) is 9.59 Å². The van der Waals surface area contributed by atoms with Gasteiger partial charge in [0.15, 0.2) is 11.6 Å². The van der Waals surface area contributed by atoms with Crippen LogP contribution in [0.5, 0.6) is 0 Å². The van der Waals surface area contributed by atoms with Crippen LogP contribution in [0.1, 0.15) is 50.3 Å². The van der Waals surface area contributed by atoms with Crippen molar-refractivity contribution >= 4 is 40.8 Å². The molecule has 3 aromatic carbocycles. The van der Waals surface area contributed by atoms with Crippen molar-refractivity contribution in [3.63, 3.8) is 0 Å². The quantitative estimate of drug-likeness (QED) is 0.166. The van der Waals surface area contributed by atoms with Crippen molar-refractivity contribution in [3.8, 4) is 0 Å². The molecule has 11 nitrogen and oxygen atoms in total. The Morgan fingerprint density at radius 2 is 0.977 bits per heavy atom. The number of rotatable bonds is 12. The molecule has 0 unspecified atom stereocenters. The Bertz CT molecular complexity index is 1290. The Kier molecular flexibility index (Phi) is 14.2. The number of aryl methyl sites for hydroxylation is 2. The minimum atomic E-state index is -0.571. The second-order valence-corrected chi connectivity index (χ2v) is 11.2. The molecule has 0 saturated heterocycles. The molecule has 11 heteroatoms. The second kappa shape index (κ2) is 17.8. The van der Waals surface area contributed by atoms with E-state index in [1.807, 2.05) is 48.5 Å². The van der Waals surface area contributed by atoms with Gasteiger partial charge in [0.25, 0.3) is 0 Å². The van der Waals surface area contributed by atoms with Crippen LogP contribution < -0.4 is 33.2 Å². The van der Waals surface area contributed by atoms with E-state index in [-0.39, 0.29) is 30.7 Å². The Labute approximate surface area is 258 Å². The first kappa shape index (κ1) is 35.1. The molecule has 0 aliphatic heterocycles. The standard InChI is InChI=1S/C18H22N4O2.C15H22N2O3/c19-15-6-1-13(2-7-15)5-10-17(23)12-22-18(24)21-11-14-3-8-16(20)9-4-14;1-15(2,3)20-14(19)17-10-13(18)9-6-11-4-7-12(16)8-5-11/h1-4,6-9H,5,10-12,19-20H2,(H2,21,22,24);4-5,7-8H,6,9-10,16H2,1-3H3,(H,17,19). The molecule has 3 rings (SSSR count). The Morgan fingerprint density at radius 3 is 1.39 bits per heavy atom. The molecule has 0 fully saturated rings. The SMILES string of the molecule is CC(C)(C)OC(=O)NCC(=O)CCc1ccc(N)cc1.Nc1ccc(CCC(=O)CNC(=O)NCc2ccc(N)cc2)cc1. The lowest BCUT2D eigenvalue weighted by Gasteiger charge is -2.19. The molecular formula is C33H44N6O5. The van der Waals surface area contributed by atoms with E-state index in [2.05, 4.69) is 16.0 Å². The first-order valence-corrected chi connectivity index (χ1v) is 14.3. The minimum absolute atomic E-state index is 0.0100. The molecule has 0 aromatic heterocycles. The van der Waals surface area contributed by atoms with Gasteiger partial charge < -0.3 is 37.9 Å². The van der Waals surface area contributed by atoms with E-state index in [4.69, 9.17) is 21.9 Å². The fraction of sp³-hybridized carbons (Fsp3) is 0.333. The molecule has 0 heterocycles. The second-order valence-electron chi connectivity index (χ2n) is 11.2. The van der Waals surface area contributed by atoms with E-state index in [1.54, 1.807) is 45.0 Å². The summed E-state index contributed by atoms with van der Waals surface area (Å²) in [5.74, 6) is -0.0536. The fourth-order valence-corrected chi connectivity index (χ4v) is 3.66. The van der Waals surface area contributed by atoms with Crippen LogP contribution in [0.25, 0.3) is 0 Å². The molecular weight excluding hydrogens is 560 g/mol. The number of anilines is 3. The number of carbonyl (C=O) groups excluding carboxylic acids is 4. The van der Waals surface area contributed by atoms with Crippen LogP contribution in [0.15, 0.2) is 72.8 Å². The molecule has 0 aliphatic carbocycles. The average molecular weight is 605 g/mol. The molecule has 3 amide bonds. The number of amides is 3. The van der Waals surface area contributed by atoms with Crippen LogP contribution >= 0.6 is 0 Å². The number of ether oxygens (including phenoxy) is 1. The highest BCUT2D eigenvalue weighted by Crippen LogP contribution is 2.10. The number of hydrogen-bond acceptors (Lipinski definition) is 8. The summed E-state index contributed by atoms with van der Waals surface area (Å²) in [5, 5.41) is 7.72. The van der Waals surface area contributed by atoms with Gasteiger partial charge in [0.1, 0.15) is 5.60 Å². The van der Waals surface area contributed by atoms with Crippen molar-refractivity contribution in [2.75, 3.05) is 30.3 Å². The van der Waals surface area contributed by atoms with Gasteiger partial charge in [-0.15, -0.1) is 0 Å². The number of nitrogen functional groups attached to an aromatic ring is 3. The van der Waals surface area contributed by atoms with Crippen LogP contribution in [0, 0.1) is 0 Å². The number of alkyl carbamates (subject to hydrolysis) is 1. The molecule has 3 aromatic rings. The number of hydrogen-bond donors (Lipinski definition) is 6. The van der Waals surface area contributed by atoms with Crippen LogP contribution in [0.4, 0.5) is 26.7 Å². The summed E-state index contributed by atoms with van der Waals surface area (Å²) in [6, 6.07) is 21.7. The molecule has 9 N–H and O–H groups in total. The monoisotopic (exact) mass is 604 g/mol. The van der Waals surface area contributed by atoms with Gasteiger partial charge in [0.2, 0.25) is 0 Å². The summed E-state index contributed by atoms with van der Waals surface area (Å²) in [6.45, 7) is 5.71. The highest BCUT2D eigenvalue weighted by molar-refractivity contribution is 5.85. The highest BCUT2D eigenvalue weighted by atomic mass is 16.6. The smallest absolute Gasteiger partial charge is 0.408 e. The number of nitrogens with one attached hydrogen (secondary N) is 3. The van der Waals surface area contributed by atoms with Gasteiger partial charge in [-0.3, -0.25) is 9.59 Å². The van der Waals surface area contributed by atoms with Crippen molar-refractivity contribution in [1.29, 1.82) is 0 Å². The largest absolute Gasteiger partial charge is 0.444 e. The molecule has 0 spiro atoms. The fourth-order valence-electron chi connectivity index (χ4n) is 3.66. The summed E-state index contributed by atoms with van der Waals surface area (Å²) in [5.41, 5.74) is 21.3. The topological polar surface area (TPSA) is 192 Å². The summed E-state index contributed by atoms with van der Waals surface area (Å²) >= 11 is 0. The van der Waals surface area contributed by atoms with Crippen molar-refractivity contribution < 1.29 is 23.9 Å². The molecule has 44 heavy (non-hydrogen) atoms. The zero-order valence-electron chi connectivity index (χ0n) is 25.7. The van der Waals surface area contributed by atoms with E-state index in [9.17, 15) is 19.2 Å². The van der Waals surface area contributed by atoms with E-state index < -0.39 is 11.7 Å². The van der Waals surface area contributed by atoms with Crippen LogP contribution in [-0.2, 0) is 33.7 Å².